The predicted octanol–water partition coefficient (Wildman–Crippen LogP) is 3.48. The van der Waals surface area contributed by atoms with Crippen LogP contribution in [0.25, 0.3) is 0 Å². The van der Waals surface area contributed by atoms with Gasteiger partial charge in [-0.2, -0.15) is 0 Å². The van der Waals surface area contributed by atoms with E-state index in [1.54, 1.807) is 6.07 Å². The number of aryl methyl sites for hydroxylation is 2. The molecule has 0 bridgehead atoms. The van der Waals surface area contributed by atoms with E-state index in [1.807, 2.05) is 19.9 Å². The van der Waals surface area contributed by atoms with Crippen LogP contribution in [0.5, 0.6) is 11.5 Å². The fraction of sp³-hybridized carbons (Fsp3) is 0.350. The van der Waals surface area contributed by atoms with E-state index >= 15 is 0 Å². The van der Waals surface area contributed by atoms with Crippen LogP contribution in [0.15, 0.2) is 36.4 Å². The van der Waals surface area contributed by atoms with Crippen molar-refractivity contribution in [2.45, 2.75) is 27.2 Å². The minimum atomic E-state index is -0.510. The topological polar surface area (TPSA) is 90.7 Å². The third-order valence-electron chi connectivity index (χ3n) is 4.06. The molecule has 0 atom stereocenters. The van der Waals surface area contributed by atoms with Crippen molar-refractivity contribution in [3.8, 4) is 11.5 Å². The van der Waals surface area contributed by atoms with Crippen LogP contribution in [0, 0.1) is 30.9 Å². The number of amides is 1. The Hall–Kier alpha value is -3.09. The molecule has 7 heteroatoms. The van der Waals surface area contributed by atoms with E-state index in [4.69, 9.17) is 9.47 Å². The zero-order valence-electron chi connectivity index (χ0n) is 15.8. The number of nitro benzene ring substituents is 1. The number of benzene rings is 2. The summed E-state index contributed by atoms with van der Waals surface area (Å²) in [4.78, 5) is 22.0. The molecular formula is C20H24N2O5. The lowest BCUT2D eigenvalue weighted by Crippen LogP contribution is -2.30. The molecule has 0 unspecified atom stereocenters. The summed E-state index contributed by atoms with van der Waals surface area (Å²) in [6.45, 7) is 6.86. The fourth-order valence-corrected chi connectivity index (χ4v) is 2.52. The lowest BCUT2D eigenvalue weighted by molar-refractivity contribution is -0.384. The first-order chi connectivity index (χ1) is 12.9. The minimum Gasteiger partial charge on any atom is -0.493 e. The average molecular weight is 372 g/mol. The maximum atomic E-state index is 11.8. The normalized spacial score (nSPS) is 10.3. The highest BCUT2D eigenvalue weighted by Gasteiger charge is 2.08. The minimum absolute atomic E-state index is 0.0771. The van der Waals surface area contributed by atoms with Gasteiger partial charge in [-0.25, -0.2) is 0 Å². The summed E-state index contributed by atoms with van der Waals surface area (Å²) in [5.74, 6) is 0.866. The van der Waals surface area contributed by atoms with E-state index in [9.17, 15) is 14.9 Å². The largest absolute Gasteiger partial charge is 0.493 e. The Bertz CT molecular complexity index is 820. The van der Waals surface area contributed by atoms with Crippen LogP contribution in [-0.2, 0) is 4.79 Å². The van der Waals surface area contributed by atoms with E-state index in [-0.39, 0.29) is 24.0 Å². The monoisotopic (exact) mass is 372 g/mol. The molecule has 0 spiro atoms. The molecule has 2 aromatic carbocycles. The molecule has 27 heavy (non-hydrogen) atoms. The molecule has 0 aliphatic heterocycles. The van der Waals surface area contributed by atoms with Crippen LogP contribution in [0.4, 0.5) is 5.69 Å². The van der Waals surface area contributed by atoms with E-state index < -0.39 is 4.92 Å². The number of non-ortho nitro benzene ring substituents is 1. The molecule has 0 radical (unpaired) electrons. The number of nitrogens with one attached hydrogen (secondary N) is 1. The number of nitro groups is 1. The number of hydrogen-bond donors (Lipinski definition) is 1. The number of hydrogen-bond acceptors (Lipinski definition) is 5. The van der Waals surface area contributed by atoms with Crippen LogP contribution in [0.1, 0.15) is 23.1 Å². The zero-order chi connectivity index (χ0) is 19.8. The maximum Gasteiger partial charge on any atom is 0.273 e. The summed E-state index contributed by atoms with van der Waals surface area (Å²) in [7, 11) is 0. The highest BCUT2D eigenvalue weighted by Crippen LogP contribution is 2.23. The van der Waals surface area contributed by atoms with Crippen molar-refractivity contribution in [3.63, 3.8) is 0 Å². The smallest absolute Gasteiger partial charge is 0.273 e. The Morgan fingerprint density at radius 3 is 2.67 bits per heavy atom. The molecule has 7 nitrogen and oxygen atoms in total. The summed E-state index contributed by atoms with van der Waals surface area (Å²) >= 11 is 0. The van der Waals surface area contributed by atoms with E-state index in [1.165, 1.54) is 23.8 Å². The van der Waals surface area contributed by atoms with Crippen molar-refractivity contribution in [2.75, 3.05) is 19.8 Å². The quantitative estimate of drug-likeness (QED) is 0.413. The Labute approximate surface area is 158 Å². The molecule has 0 saturated heterocycles. The van der Waals surface area contributed by atoms with Gasteiger partial charge >= 0.3 is 0 Å². The number of ether oxygens (including phenoxy) is 2. The van der Waals surface area contributed by atoms with Gasteiger partial charge < -0.3 is 14.8 Å². The van der Waals surface area contributed by atoms with Crippen LogP contribution in [0.2, 0.25) is 0 Å². The molecule has 1 N–H and O–H groups in total. The predicted molar refractivity (Wildman–Crippen MR) is 102 cm³/mol. The number of carbonyl (C=O) groups is 1. The second kappa shape index (κ2) is 9.56. The Kier molecular flexibility index (Phi) is 7.16. The summed E-state index contributed by atoms with van der Waals surface area (Å²) in [5, 5.41) is 13.4. The SMILES string of the molecule is Cc1cc(C)c(C)c(OCCCNC(=O)COc2cccc([N+](=O)[O-])c2)c1. The molecular weight excluding hydrogens is 348 g/mol. The van der Waals surface area contributed by atoms with Crippen molar-refractivity contribution >= 4 is 11.6 Å². The van der Waals surface area contributed by atoms with Gasteiger partial charge in [0.25, 0.3) is 11.6 Å². The standard InChI is InChI=1S/C20H24N2O5/c1-14-10-15(2)16(3)19(11-14)26-9-5-8-21-20(23)13-27-18-7-4-6-17(12-18)22(24)25/h4,6-7,10-12H,5,8-9,13H2,1-3H3,(H,21,23). The van der Waals surface area contributed by atoms with Crippen molar-refractivity contribution in [3.05, 3.63) is 63.2 Å². The van der Waals surface area contributed by atoms with Gasteiger partial charge in [0.1, 0.15) is 11.5 Å². The lowest BCUT2D eigenvalue weighted by Gasteiger charge is -2.12. The molecule has 0 aliphatic carbocycles. The average Bonchev–Trinajstić information content (AvgIpc) is 2.63. The second-order valence-corrected chi connectivity index (χ2v) is 6.30. The first-order valence-corrected chi connectivity index (χ1v) is 8.71. The van der Waals surface area contributed by atoms with Gasteiger partial charge in [-0.3, -0.25) is 14.9 Å². The van der Waals surface area contributed by atoms with Crippen molar-refractivity contribution in [1.29, 1.82) is 0 Å². The first-order valence-electron chi connectivity index (χ1n) is 8.71. The number of rotatable bonds is 9. The van der Waals surface area contributed by atoms with Gasteiger partial charge in [0.15, 0.2) is 6.61 Å². The first kappa shape index (κ1) is 20.2. The molecule has 0 aliphatic rings. The summed E-state index contributed by atoms with van der Waals surface area (Å²) in [6.07, 6.45) is 0.662. The summed E-state index contributed by atoms with van der Waals surface area (Å²) < 4.78 is 11.1. The molecule has 0 saturated carbocycles. The maximum absolute atomic E-state index is 11.8. The molecule has 0 aromatic heterocycles. The third-order valence-corrected chi connectivity index (χ3v) is 4.06. The van der Waals surface area contributed by atoms with Gasteiger partial charge in [0, 0.05) is 12.6 Å². The van der Waals surface area contributed by atoms with Crippen molar-refractivity contribution in [1.82, 2.24) is 5.32 Å². The van der Waals surface area contributed by atoms with Crippen LogP contribution >= 0.6 is 0 Å². The molecule has 2 aromatic rings. The van der Waals surface area contributed by atoms with E-state index in [0.29, 0.717) is 19.6 Å². The van der Waals surface area contributed by atoms with Crippen molar-refractivity contribution in [2.24, 2.45) is 0 Å². The van der Waals surface area contributed by atoms with Gasteiger partial charge in [0.05, 0.1) is 17.6 Å². The van der Waals surface area contributed by atoms with Gasteiger partial charge in [-0.05, 0) is 56.0 Å². The third kappa shape index (κ3) is 6.29. The molecule has 0 fully saturated rings. The van der Waals surface area contributed by atoms with Gasteiger partial charge in [-0.15, -0.1) is 0 Å². The Morgan fingerprint density at radius 1 is 1.15 bits per heavy atom. The molecule has 0 heterocycles. The molecule has 144 valence electrons. The summed E-state index contributed by atoms with van der Waals surface area (Å²) in [5.41, 5.74) is 3.39. The molecule has 2 rings (SSSR count). The lowest BCUT2D eigenvalue weighted by atomic mass is 10.1. The summed E-state index contributed by atoms with van der Waals surface area (Å²) in [6, 6.07) is 9.85. The van der Waals surface area contributed by atoms with Crippen LogP contribution < -0.4 is 14.8 Å². The number of carbonyl (C=O) groups excluding carboxylic acids is 1. The highest BCUT2D eigenvalue weighted by molar-refractivity contribution is 5.77. The van der Waals surface area contributed by atoms with Gasteiger partial charge in [0.2, 0.25) is 0 Å². The Morgan fingerprint density at radius 2 is 1.93 bits per heavy atom. The van der Waals surface area contributed by atoms with Crippen molar-refractivity contribution < 1.29 is 19.2 Å². The van der Waals surface area contributed by atoms with Crippen LogP contribution in [-0.4, -0.2) is 30.6 Å². The zero-order valence-corrected chi connectivity index (χ0v) is 15.8. The second-order valence-electron chi connectivity index (χ2n) is 6.30. The molecule has 1 amide bonds. The fourth-order valence-electron chi connectivity index (χ4n) is 2.52. The van der Waals surface area contributed by atoms with E-state index in [0.717, 1.165) is 16.9 Å². The Balaban J connectivity index is 1.68. The van der Waals surface area contributed by atoms with E-state index in [2.05, 4.69) is 18.3 Å². The van der Waals surface area contributed by atoms with Gasteiger partial charge in [-0.1, -0.05) is 12.1 Å². The van der Waals surface area contributed by atoms with Crippen LogP contribution in [0.3, 0.4) is 0 Å². The highest BCUT2D eigenvalue weighted by atomic mass is 16.6. The number of nitrogens with zero attached hydrogens (tertiary/aromatic N) is 1.